The number of carbonyl (C=O) groups excluding carboxylic acids is 1. The van der Waals surface area contributed by atoms with Gasteiger partial charge in [-0.1, -0.05) is 11.3 Å². The molecule has 0 aliphatic heterocycles. The third kappa shape index (κ3) is 3.38. The van der Waals surface area contributed by atoms with E-state index in [4.69, 9.17) is 0 Å². The fourth-order valence-corrected chi connectivity index (χ4v) is 2.34. The molecule has 0 saturated heterocycles. The second-order valence-corrected chi connectivity index (χ2v) is 5.07. The largest absolute Gasteiger partial charge is 0.325 e. The number of urea groups is 1. The number of nitrogens with zero attached hydrogens (tertiary/aromatic N) is 4. The molecule has 3 aromatic heterocycles. The average Bonchev–Trinajstić information content (AvgIpc) is 2.99. The maximum atomic E-state index is 12.7. The van der Waals surface area contributed by atoms with E-state index in [1.54, 1.807) is 24.5 Å². The van der Waals surface area contributed by atoms with Crippen molar-refractivity contribution in [3.63, 3.8) is 0 Å². The van der Waals surface area contributed by atoms with Crippen LogP contribution in [0.5, 0.6) is 0 Å². The molecule has 3 aromatic rings. The number of hydrogen-bond donors (Lipinski definition) is 2. The van der Waals surface area contributed by atoms with Gasteiger partial charge in [-0.05, 0) is 24.3 Å². The fraction of sp³-hybridized carbons (Fsp3) is 0. The van der Waals surface area contributed by atoms with Gasteiger partial charge in [-0.3, -0.25) is 10.3 Å². The third-order valence-corrected chi connectivity index (χ3v) is 3.45. The number of rotatable bonds is 3. The van der Waals surface area contributed by atoms with Gasteiger partial charge in [0.05, 0.1) is 11.9 Å². The molecule has 0 radical (unpaired) electrons. The Labute approximate surface area is 128 Å². The highest BCUT2D eigenvalue weighted by Gasteiger charge is 2.09. The lowest BCUT2D eigenvalue weighted by molar-refractivity contribution is 0.262. The van der Waals surface area contributed by atoms with Crippen molar-refractivity contribution in [3.8, 4) is 10.6 Å². The number of amides is 2. The lowest BCUT2D eigenvalue weighted by Gasteiger charge is -2.03. The van der Waals surface area contributed by atoms with E-state index in [1.807, 2.05) is 0 Å². The van der Waals surface area contributed by atoms with Crippen molar-refractivity contribution in [3.05, 3.63) is 48.8 Å². The summed E-state index contributed by atoms with van der Waals surface area (Å²) in [5.74, 6) is -0.614. The Hall–Kier alpha value is -2.94. The summed E-state index contributed by atoms with van der Waals surface area (Å²) in [6, 6.07) is 5.65. The van der Waals surface area contributed by atoms with Crippen LogP contribution < -0.4 is 10.6 Å². The summed E-state index contributed by atoms with van der Waals surface area (Å²) in [6.45, 7) is 0. The highest BCUT2D eigenvalue weighted by molar-refractivity contribution is 7.18. The summed E-state index contributed by atoms with van der Waals surface area (Å²) < 4.78 is 12.7. The first kappa shape index (κ1) is 14.0. The van der Waals surface area contributed by atoms with Gasteiger partial charge in [0, 0.05) is 18.0 Å². The Morgan fingerprint density at radius 1 is 1.09 bits per heavy atom. The second kappa shape index (κ2) is 6.22. The lowest BCUT2D eigenvalue weighted by Crippen LogP contribution is -2.19. The number of aromatic nitrogens is 4. The molecule has 0 spiro atoms. The summed E-state index contributed by atoms with van der Waals surface area (Å²) in [4.78, 5) is 19.2. The maximum Gasteiger partial charge on any atom is 0.325 e. The molecule has 2 N–H and O–H groups in total. The van der Waals surface area contributed by atoms with Crippen LogP contribution in [0.25, 0.3) is 10.6 Å². The molecule has 0 aromatic carbocycles. The monoisotopic (exact) mass is 316 g/mol. The van der Waals surface area contributed by atoms with Gasteiger partial charge in [-0.25, -0.2) is 9.78 Å². The minimum Gasteiger partial charge on any atom is -0.306 e. The molecule has 3 rings (SSSR count). The molecule has 0 atom stereocenters. The van der Waals surface area contributed by atoms with Crippen molar-refractivity contribution < 1.29 is 9.18 Å². The van der Waals surface area contributed by atoms with Crippen LogP contribution in [0.2, 0.25) is 0 Å². The van der Waals surface area contributed by atoms with E-state index >= 15 is 0 Å². The molecule has 9 heteroatoms. The first-order valence-corrected chi connectivity index (χ1v) is 6.96. The van der Waals surface area contributed by atoms with E-state index in [2.05, 4.69) is 30.8 Å². The van der Waals surface area contributed by atoms with Crippen molar-refractivity contribution >= 4 is 28.2 Å². The molecule has 0 unspecified atom stereocenters. The quantitative estimate of drug-likeness (QED) is 0.725. The molecule has 0 aliphatic carbocycles. The number of anilines is 2. The number of nitrogens with one attached hydrogen (secondary N) is 2. The second-order valence-electron chi connectivity index (χ2n) is 4.10. The Bertz CT molecular complexity index is 777. The molecule has 3 heterocycles. The summed E-state index contributed by atoms with van der Waals surface area (Å²) in [5, 5.41) is 14.0. The fourth-order valence-electron chi connectivity index (χ4n) is 1.59. The van der Waals surface area contributed by atoms with Gasteiger partial charge in [0.25, 0.3) is 0 Å². The molecular formula is C13H9FN6OS. The normalized spacial score (nSPS) is 10.2. The standard InChI is InChI=1S/C13H9FN6OS/c14-10-2-1-9(7-16-10)17-12(21)18-13-20-19-11(22-13)8-3-5-15-6-4-8/h1-7H,(H2,17,18,20,21). The van der Waals surface area contributed by atoms with E-state index in [-0.39, 0.29) is 0 Å². The minimum absolute atomic E-state index is 0.347. The van der Waals surface area contributed by atoms with E-state index in [1.165, 1.54) is 23.6 Å². The Morgan fingerprint density at radius 3 is 2.64 bits per heavy atom. The van der Waals surface area contributed by atoms with Gasteiger partial charge in [-0.15, -0.1) is 10.2 Å². The molecule has 22 heavy (non-hydrogen) atoms. The molecule has 0 fully saturated rings. The van der Waals surface area contributed by atoms with Crippen LogP contribution in [-0.4, -0.2) is 26.2 Å². The van der Waals surface area contributed by atoms with Crippen LogP contribution in [0.1, 0.15) is 0 Å². The summed E-state index contributed by atoms with van der Waals surface area (Å²) in [5.41, 5.74) is 1.24. The maximum absolute atomic E-state index is 12.7. The van der Waals surface area contributed by atoms with Crippen molar-refractivity contribution in [2.24, 2.45) is 0 Å². The summed E-state index contributed by atoms with van der Waals surface area (Å²) in [7, 11) is 0. The van der Waals surface area contributed by atoms with Crippen molar-refractivity contribution in [1.82, 2.24) is 20.2 Å². The summed E-state index contributed by atoms with van der Waals surface area (Å²) >= 11 is 1.23. The van der Waals surface area contributed by atoms with E-state index in [0.717, 1.165) is 11.6 Å². The van der Waals surface area contributed by atoms with Crippen molar-refractivity contribution in [2.75, 3.05) is 10.6 Å². The van der Waals surface area contributed by atoms with Crippen LogP contribution in [0.3, 0.4) is 0 Å². The zero-order valence-corrected chi connectivity index (χ0v) is 11.8. The van der Waals surface area contributed by atoms with E-state index in [0.29, 0.717) is 15.8 Å². The van der Waals surface area contributed by atoms with Crippen LogP contribution in [0.4, 0.5) is 20.0 Å². The Balaban J connectivity index is 1.65. The molecule has 0 aliphatic rings. The van der Waals surface area contributed by atoms with Crippen molar-refractivity contribution in [2.45, 2.75) is 0 Å². The molecule has 7 nitrogen and oxygen atoms in total. The first-order chi connectivity index (χ1) is 10.7. The zero-order valence-electron chi connectivity index (χ0n) is 11.0. The van der Waals surface area contributed by atoms with E-state index in [9.17, 15) is 9.18 Å². The molecule has 0 saturated carbocycles. The van der Waals surface area contributed by atoms with Crippen LogP contribution in [0.15, 0.2) is 42.9 Å². The SMILES string of the molecule is O=C(Nc1ccc(F)nc1)Nc1nnc(-c2ccncc2)s1. The average molecular weight is 316 g/mol. The molecular weight excluding hydrogens is 307 g/mol. The zero-order chi connectivity index (χ0) is 15.4. The van der Waals surface area contributed by atoms with Gasteiger partial charge in [-0.2, -0.15) is 4.39 Å². The highest BCUT2D eigenvalue weighted by atomic mass is 32.1. The van der Waals surface area contributed by atoms with Crippen LogP contribution >= 0.6 is 11.3 Å². The number of pyridine rings is 2. The lowest BCUT2D eigenvalue weighted by atomic mass is 10.3. The predicted octanol–water partition coefficient (Wildman–Crippen LogP) is 2.78. The van der Waals surface area contributed by atoms with Gasteiger partial charge in [0.1, 0.15) is 5.01 Å². The third-order valence-electron chi connectivity index (χ3n) is 2.56. The highest BCUT2D eigenvalue weighted by Crippen LogP contribution is 2.25. The van der Waals surface area contributed by atoms with Gasteiger partial charge >= 0.3 is 6.03 Å². The topological polar surface area (TPSA) is 92.7 Å². The number of halogens is 1. The first-order valence-electron chi connectivity index (χ1n) is 6.14. The van der Waals surface area contributed by atoms with Gasteiger partial charge in [0.15, 0.2) is 0 Å². The van der Waals surface area contributed by atoms with Gasteiger partial charge < -0.3 is 5.32 Å². The Kier molecular flexibility index (Phi) is 3.97. The molecule has 110 valence electrons. The predicted molar refractivity (Wildman–Crippen MR) is 80.0 cm³/mol. The van der Waals surface area contributed by atoms with Gasteiger partial charge in [0.2, 0.25) is 11.1 Å². The minimum atomic E-state index is -0.614. The Morgan fingerprint density at radius 2 is 1.91 bits per heavy atom. The van der Waals surface area contributed by atoms with Crippen molar-refractivity contribution in [1.29, 1.82) is 0 Å². The molecule has 0 bridgehead atoms. The van der Waals surface area contributed by atoms with Crippen LogP contribution in [0, 0.1) is 5.95 Å². The smallest absolute Gasteiger partial charge is 0.306 e. The number of hydrogen-bond acceptors (Lipinski definition) is 6. The van der Waals surface area contributed by atoms with E-state index < -0.39 is 12.0 Å². The van der Waals surface area contributed by atoms with Crippen LogP contribution in [-0.2, 0) is 0 Å². The number of carbonyl (C=O) groups is 1. The molecule has 2 amide bonds. The summed E-state index contributed by atoms with van der Waals surface area (Å²) in [6.07, 6.45) is 4.52.